The summed E-state index contributed by atoms with van der Waals surface area (Å²) in [4.78, 5) is 29.6. The molecule has 2 aliphatic heterocycles. The maximum absolute atomic E-state index is 13.1. The third kappa shape index (κ3) is 2.76. The molecule has 0 saturated carbocycles. The van der Waals surface area contributed by atoms with Gasteiger partial charge in [-0.2, -0.15) is 0 Å². The number of allylic oxidation sites excluding steroid dienone is 2. The molecule has 6 heteroatoms. The third-order valence-electron chi connectivity index (χ3n) is 5.44. The highest BCUT2D eigenvalue weighted by molar-refractivity contribution is 5.87. The first kappa shape index (κ1) is 18.0. The van der Waals surface area contributed by atoms with Crippen molar-refractivity contribution < 1.29 is 19.1 Å². The molecule has 0 radical (unpaired) electrons. The van der Waals surface area contributed by atoms with Gasteiger partial charge in [-0.1, -0.05) is 25.2 Å². The molecule has 2 amide bonds. The Kier molecular flexibility index (Phi) is 5.18. The van der Waals surface area contributed by atoms with Crippen molar-refractivity contribution in [2.45, 2.75) is 58.7 Å². The molecule has 0 unspecified atom stereocenters. The summed E-state index contributed by atoms with van der Waals surface area (Å²) in [5.74, 6) is -0.296. The van der Waals surface area contributed by atoms with Crippen molar-refractivity contribution in [2.75, 3.05) is 19.8 Å². The van der Waals surface area contributed by atoms with Gasteiger partial charge < -0.3 is 14.4 Å². The maximum Gasteiger partial charge on any atom is 0.326 e. The van der Waals surface area contributed by atoms with Gasteiger partial charge >= 0.3 is 12.0 Å². The SMILES string of the molecule is CCOC(=O)[C@]1(CC)C=CCC=C1N1C(=O)N2CCC[C@H]2[C@H]1OCC. The summed E-state index contributed by atoms with van der Waals surface area (Å²) >= 11 is 0. The van der Waals surface area contributed by atoms with Crippen LogP contribution in [0.15, 0.2) is 23.9 Å². The van der Waals surface area contributed by atoms with Gasteiger partial charge in [0.05, 0.1) is 12.6 Å². The first-order valence-electron chi connectivity index (χ1n) is 9.37. The quantitative estimate of drug-likeness (QED) is 0.547. The molecule has 138 valence electrons. The van der Waals surface area contributed by atoms with E-state index in [9.17, 15) is 9.59 Å². The number of hydrogen-bond donors (Lipinski definition) is 0. The number of hydrogen-bond acceptors (Lipinski definition) is 4. The largest absolute Gasteiger partial charge is 0.465 e. The van der Waals surface area contributed by atoms with Crippen LogP contribution >= 0.6 is 0 Å². The van der Waals surface area contributed by atoms with E-state index in [2.05, 4.69) is 0 Å². The number of rotatable bonds is 6. The van der Waals surface area contributed by atoms with Crippen molar-refractivity contribution in [1.82, 2.24) is 9.80 Å². The number of ether oxygens (including phenoxy) is 2. The topological polar surface area (TPSA) is 59.1 Å². The molecular weight excluding hydrogens is 320 g/mol. The Morgan fingerprint density at radius 2 is 2.12 bits per heavy atom. The molecule has 3 atom stereocenters. The second kappa shape index (κ2) is 7.20. The number of fused-ring (bicyclic) bond motifs is 1. The van der Waals surface area contributed by atoms with E-state index >= 15 is 0 Å². The van der Waals surface area contributed by atoms with Crippen LogP contribution in [-0.2, 0) is 14.3 Å². The van der Waals surface area contributed by atoms with Crippen LogP contribution in [0.3, 0.4) is 0 Å². The molecule has 25 heavy (non-hydrogen) atoms. The number of carbonyl (C=O) groups excluding carboxylic acids is 2. The first-order chi connectivity index (χ1) is 12.1. The maximum atomic E-state index is 13.1. The van der Waals surface area contributed by atoms with E-state index in [1.54, 1.807) is 11.8 Å². The normalized spacial score (nSPS) is 31.3. The molecule has 1 aliphatic carbocycles. The van der Waals surface area contributed by atoms with E-state index in [1.807, 2.05) is 37.0 Å². The molecular formula is C19H28N2O4. The van der Waals surface area contributed by atoms with Crippen molar-refractivity contribution in [3.05, 3.63) is 23.9 Å². The lowest BCUT2D eigenvalue weighted by Gasteiger charge is -2.39. The van der Waals surface area contributed by atoms with Crippen molar-refractivity contribution in [2.24, 2.45) is 5.41 Å². The summed E-state index contributed by atoms with van der Waals surface area (Å²) < 4.78 is 11.3. The Hall–Kier alpha value is -1.82. The predicted octanol–water partition coefficient (Wildman–Crippen LogP) is 3.05. The van der Waals surface area contributed by atoms with Gasteiger partial charge in [0.15, 0.2) is 6.23 Å². The van der Waals surface area contributed by atoms with Crippen molar-refractivity contribution in [3.8, 4) is 0 Å². The van der Waals surface area contributed by atoms with Crippen LogP contribution in [0.1, 0.15) is 46.5 Å². The molecule has 2 fully saturated rings. The summed E-state index contributed by atoms with van der Waals surface area (Å²) in [6.07, 6.45) is 8.70. The highest BCUT2D eigenvalue weighted by atomic mass is 16.5. The number of urea groups is 1. The van der Waals surface area contributed by atoms with Gasteiger partial charge in [-0.15, -0.1) is 0 Å². The van der Waals surface area contributed by atoms with Crippen molar-refractivity contribution in [3.63, 3.8) is 0 Å². The molecule has 2 heterocycles. The fraction of sp³-hybridized carbons (Fsp3) is 0.684. The summed E-state index contributed by atoms with van der Waals surface area (Å²) in [5, 5.41) is 0. The summed E-state index contributed by atoms with van der Waals surface area (Å²) in [6.45, 7) is 7.30. The zero-order valence-corrected chi connectivity index (χ0v) is 15.4. The van der Waals surface area contributed by atoms with Crippen LogP contribution in [0.25, 0.3) is 0 Å². The van der Waals surface area contributed by atoms with E-state index < -0.39 is 5.41 Å². The summed E-state index contributed by atoms with van der Waals surface area (Å²) in [6, 6.07) is 0.0145. The predicted molar refractivity (Wildman–Crippen MR) is 93.6 cm³/mol. The standard InChI is InChI=1S/C19H28N2O4/c1-4-19(17(22)25-6-3)12-8-7-11-15(19)21-16(24-5-2)14-10-9-13-20(14)18(21)23/h8,11-12,14,16H,4-7,9-10,13H2,1-3H3/t14-,16+,19+/m0/s1. The van der Waals surface area contributed by atoms with Gasteiger partial charge in [-0.05, 0) is 39.5 Å². The highest BCUT2D eigenvalue weighted by Crippen LogP contribution is 2.45. The van der Waals surface area contributed by atoms with Crippen LogP contribution in [0.2, 0.25) is 0 Å². The first-order valence-corrected chi connectivity index (χ1v) is 9.37. The lowest BCUT2D eigenvalue weighted by molar-refractivity contribution is -0.152. The van der Waals surface area contributed by atoms with E-state index in [4.69, 9.17) is 9.47 Å². The zero-order chi connectivity index (χ0) is 18.0. The van der Waals surface area contributed by atoms with Crippen molar-refractivity contribution in [1.29, 1.82) is 0 Å². The second-order valence-electron chi connectivity index (χ2n) is 6.67. The minimum Gasteiger partial charge on any atom is -0.465 e. The molecule has 0 N–H and O–H groups in total. The Balaban J connectivity index is 2.00. The highest BCUT2D eigenvalue weighted by Gasteiger charge is 2.55. The Labute approximate surface area is 149 Å². The smallest absolute Gasteiger partial charge is 0.326 e. The van der Waals surface area contributed by atoms with Gasteiger partial charge in [-0.25, -0.2) is 4.79 Å². The van der Waals surface area contributed by atoms with E-state index in [-0.39, 0.29) is 24.3 Å². The monoisotopic (exact) mass is 348 g/mol. The molecule has 0 aromatic heterocycles. The zero-order valence-electron chi connectivity index (χ0n) is 15.4. The summed E-state index contributed by atoms with van der Waals surface area (Å²) in [7, 11) is 0. The lowest BCUT2D eigenvalue weighted by atomic mass is 9.77. The van der Waals surface area contributed by atoms with Gasteiger partial charge in [0.25, 0.3) is 0 Å². The van der Waals surface area contributed by atoms with E-state index in [0.717, 1.165) is 19.4 Å². The third-order valence-corrected chi connectivity index (χ3v) is 5.44. The fourth-order valence-corrected chi connectivity index (χ4v) is 4.25. The van der Waals surface area contributed by atoms with E-state index in [1.165, 1.54) is 0 Å². The molecule has 3 rings (SSSR count). The average Bonchev–Trinajstić information content (AvgIpc) is 3.19. The molecule has 0 aromatic rings. The summed E-state index contributed by atoms with van der Waals surface area (Å²) in [5.41, 5.74) is -0.201. The molecule has 3 aliphatic rings. The molecule has 6 nitrogen and oxygen atoms in total. The average molecular weight is 348 g/mol. The molecule has 0 bridgehead atoms. The number of esters is 1. The van der Waals surface area contributed by atoms with Gasteiger partial charge in [-0.3, -0.25) is 9.69 Å². The van der Waals surface area contributed by atoms with Crippen LogP contribution < -0.4 is 0 Å². The Bertz CT molecular complexity index is 600. The molecule has 0 aromatic carbocycles. The number of amides is 2. The van der Waals surface area contributed by atoms with Gasteiger partial charge in [0.2, 0.25) is 0 Å². The van der Waals surface area contributed by atoms with Gasteiger partial charge in [0.1, 0.15) is 5.41 Å². The van der Waals surface area contributed by atoms with Crippen LogP contribution in [0.4, 0.5) is 4.79 Å². The number of nitrogens with zero attached hydrogens (tertiary/aromatic N) is 2. The van der Waals surface area contributed by atoms with Crippen LogP contribution in [0, 0.1) is 5.41 Å². The minimum absolute atomic E-state index is 0.0513. The Morgan fingerprint density at radius 3 is 2.80 bits per heavy atom. The lowest BCUT2D eigenvalue weighted by Crippen LogP contribution is -2.47. The van der Waals surface area contributed by atoms with Gasteiger partial charge in [0, 0.05) is 18.8 Å². The van der Waals surface area contributed by atoms with E-state index in [0.29, 0.717) is 31.8 Å². The van der Waals surface area contributed by atoms with Crippen LogP contribution in [0.5, 0.6) is 0 Å². The number of carbonyl (C=O) groups is 2. The second-order valence-corrected chi connectivity index (χ2v) is 6.67. The molecule has 0 spiro atoms. The fourth-order valence-electron chi connectivity index (χ4n) is 4.25. The minimum atomic E-state index is -0.918. The van der Waals surface area contributed by atoms with Crippen LogP contribution in [-0.4, -0.2) is 53.8 Å². The molecule has 2 saturated heterocycles. The van der Waals surface area contributed by atoms with Crippen molar-refractivity contribution >= 4 is 12.0 Å². The Morgan fingerprint density at radius 1 is 1.32 bits per heavy atom.